The average Bonchev–Trinajstić information content (AvgIpc) is 3.11. The fourth-order valence-electron chi connectivity index (χ4n) is 4.23. The number of aliphatic imine (C=N–C) groups is 1. The first-order valence-corrected chi connectivity index (χ1v) is 10.2. The van der Waals surface area contributed by atoms with Gasteiger partial charge in [-0.05, 0) is 38.3 Å². The number of ether oxygens (including phenoxy) is 1. The summed E-state index contributed by atoms with van der Waals surface area (Å²) in [6, 6.07) is 7.79. The van der Waals surface area contributed by atoms with E-state index in [4.69, 9.17) is 20.9 Å². The van der Waals surface area contributed by atoms with E-state index in [1.807, 2.05) is 24.3 Å². The van der Waals surface area contributed by atoms with Crippen molar-refractivity contribution in [1.82, 2.24) is 20.8 Å². The Morgan fingerprint density at radius 2 is 2.24 bits per heavy atom. The van der Waals surface area contributed by atoms with Crippen molar-refractivity contribution in [3.63, 3.8) is 0 Å². The zero-order valence-electron chi connectivity index (χ0n) is 16.7. The summed E-state index contributed by atoms with van der Waals surface area (Å²) in [4.78, 5) is 8.77. The second kappa shape index (κ2) is 9.61. The lowest BCUT2D eigenvalue weighted by Gasteiger charge is -2.61. The number of hydrogen-bond donors (Lipinski definition) is 2. The number of guanidine groups is 1. The van der Waals surface area contributed by atoms with Crippen molar-refractivity contribution in [1.29, 1.82) is 0 Å². The van der Waals surface area contributed by atoms with E-state index in [1.165, 1.54) is 19.3 Å². The molecular formula is C20H27ClIN5O2. The normalized spacial score (nSPS) is 22.4. The van der Waals surface area contributed by atoms with Crippen LogP contribution >= 0.6 is 35.6 Å². The van der Waals surface area contributed by atoms with Crippen LogP contribution in [0.4, 0.5) is 0 Å². The third-order valence-electron chi connectivity index (χ3n) is 5.93. The van der Waals surface area contributed by atoms with Gasteiger partial charge in [-0.1, -0.05) is 35.3 Å². The van der Waals surface area contributed by atoms with Crippen LogP contribution in [-0.4, -0.2) is 41.9 Å². The van der Waals surface area contributed by atoms with Crippen LogP contribution in [0.15, 0.2) is 33.8 Å². The number of halogens is 2. The van der Waals surface area contributed by atoms with Gasteiger partial charge in [-0.25, -0.2) is 0 Å². The number of rotatable bonds is 6. The van der Waals surface area contributed by atoms with Crippen molar-refractivity contribution in [2.75, 3.05) is 13.7 Å². The van der Waals surface area contributed by atoms with E-state index < -0.39 is 0 Å². The van der Waals surface area contributed by atoms with Crippen LogP contribution in [0, 0.1) is 5.41 Å². The second-order valence-electron chi connectivity index (χ2n) is 7.41. The van der Waals surface area contributed by atoms with E-state index in [1.54, 1.807) is 7.05 Å². The van der Waals surface area contributed by atoms with Gasteiger partial charge in [0.15, 0.2) is 5.96 Å². The summed E-state index contributed by atoms with van der Waals surface area (Å²) in [5.41, 5.74) is 1.10. The lowest BCUT2D eigenvalue weighted by atomic mass is 9.51. The predicted molar refractivity (Wildman–Crippen MR) is 124 cm³/mol. The summed E-state index contributed by atoms with van der Waals surface area (Å²) >= 11 is 6.03. The molecule has 2 atom stereocenters. The van der Waals surface area contributed by atoms with Crippen LogP contribution in [0.1, 0.15) is 38.5 Å². The monoisotopic (exact) mass is 531 g/mol. The van der Waals surface area contributed by atoms with Gasteiger partial charge in [-0.3, -0.25) is 4.99 Å². The molecule has 0 amide bonds. The van der Waals surface area contributed by atoms with Gasteiger partial charge in [0.25, 0.3) is 0 Å². The molecule has 2 aromatic rings. The van der Waals surface area contributed by atoms with Crippen molar-refractivity contribution in [3.8, 4) is 11.4 Å². The van der Waals surface area contributed by atoms with Crippen molar-refractivity contribution in [2.45, 2.75) is 51.3 Å². The maximum atomic E-state index is 6.03. The van der Waals surface area contributed by atoms with Gasteiger partial charge in [-0.15, -0.1) is 24.0 Å². The fraction of sp³-hybridized carbons (Fsp3) is 0.550. The summed E-state index contributed by atoms with van der Waals surface area (Å²) in [6.45, 7) is 3.25. The van der Waals surface area contributed by atoms with Crippen LogP contribution in [0.25, 0.3) is 11.4 Å². The molecule has 158 valence electrons. The van der Waals surface area contributed by atoms with Crippen molar-refractivity contribution >= 4 is 41.5 Å². The first-order valence-electron chi connectivity index (χ1n) is 9.82. The number of benzene rings is 1. The molecule has 2 saturated carbocycles. The fourth-order valence-corrected chi connectivity index (χ4v) is 4.42. The molecule has 2 aliphatic carbocycles. The molecule has 4 rings (SSSR count). The summed E-state index contributed by atoms with van der Waals surface area (Å²) < 4.78 is 11.3. The highest BCUT2D eigenvalue weighted by molar-refractivity contribution is 14.0. The Balaban J connectivity index is 0.00000240. The Labute approximate surface area is 193 Å². The highest BCUT2D eigenvalue weighted by atomic mass is 127. The zero-order valence-corrected chi connectivity index (χ0v) is 19.7. The third kappa shape index (κ3) is 4.54. The number of nitrogens with zero attached hydrogens (tertiary/aromatic N) is 3. The maximum absolute atomic E-state index is 6.03. The Morgan fingerprint density at radius 3 is 2.90 bits per heavy atom. The first-order chi connectivity index (χ1) is 13.6. The molecule has 1 spiro atoms. The molecule has 0 radical (unpaired) electrons. The predicted octanol–water partition coefficient (Wildman–Crippen LogP) is 4.02. The highest BCUT2D eigenvalue weighted by Crippen LogP contribution is 2.57. The van der Waals surface area contributed by atoms with Gasteiger partial charge >= 0.3 is 0 Å². The topological polar surface area (TPSA) is 84.6 Å². The smallest absolute Gasteiger partial charge is 0.246 e. The molecule has 1 heterocycles. The lowest BCUT2D eigenvalue weighted by molar-refractivity contribution is -0.168. The minimum absolute atomic E-state index is 0. The van der Waals surface area contributed by atoms with Crippen LogP contribution in [0.2, 0.25) is 5.02 Å². The Morgan fingerprint density at radius 1 is 1.41 bits per heavy atom. The Kier molecular flexibility index (Phi) is 7.39. The van der Waals surface area contributed by atoms with Gasteiger partial charge in [0.1, 0.15) is 0 Å². The molecule has 2 N–H and O–H groups in total. The van der Waals surface area contributed by atoms with Crippen LogP contribution in [0.3, 0.4) is 0 Å². The largest absolute Gasteiger partial charge is 0.378 e. The lowest BCUT2D eigenvalue weighted by Crippen LogP contribution is -2.68. The van der Waals surface area contributed by atoms with Gasteiger partial charge in [-0.2, -0.15) is 4.98 Å². The van der Waals surface area contributed by atoms with Gasteiger partial charge < -0.3 is 19.9 Å². The van der Waals surface area contributed by atoms with E-state index in [0.717, 1.165) is 24.6 Å². The van der Waals surface area contributed by atoms with Crippen LogP contribution < -0.4 is 10.6 Å². The molecule has 2 fully saturated rings. The van der Waals surface area contributed by atoms with Gasteiger partial charge in [0.05, 0.1) is 12.6 Å². The van der Waals surface area contributed by atoms with Crippen molar-refractivity contribution < 1.29 is 9.26 Å². The van der Waals surface area contributed by atoms with Crippen molar-refractivity contribution in [3.05, 3.63) is 35.2 Å². The summed E-state index contributed by atoms with van der Waals surface area (Å²) in [6.07, 6.45) is 5.12. The molecule has 9 heteroatoms. The van der Waals surface area contributed by atoms with E-state index >= 15 is 0 Å². The highest BCUT2D eigenvalue weighted by Gasteiger charge is 2.59. The van der Waals surface area contributed by atoms with Crippen LogP contribution in [-0.2, 0) is 11.3 Å². The average molecular weight is 532 g/mol. The third-order valence-corrected chi connectivity index (χ3v) is 6.16. The molecule has 2 aliphatic rings. The van der Waals surface area contributed by atoms with Gasteiger partial charge in [0.2, 0.25) is 11.7 Å². The summed E-state index contributed by atoms with van der Waals surface area (Å²) in [5, 5.41) is 11.5. The molecule has 29 heavy (non-hydrogen) atoms. The summed E-state index contributed by atoms with van der Waals surface area (Å²) in [7, 11) is 1.77. The Hall–Kier alpha value is -1.39. The van der Waals surface area contributed by atoms with E-state index in [2.05, 4.69) is 32.7 Å². The van der Waals surface area contributed by atoms with E-state index in [0.29, 0.717) is 35.4 Å². The van der Waals surface area contributed by atoms with Crippen LogP contribution in [0.5, 0.6) is 0 Å². The number of aromatic nitrogens is 2. The second-order valence-corrected chi connectivity index (χ2v) is 7.85. The van der Waals surface area contributed by atoms with E-state index in [9.17, 15) is 0 Å². The van der Waals surface area contributed by atoms with Crippen molar-refractivity contribution in [2.24, 2.45) is 10.4 Å². The number of hydrogen-bond acceptors (Lipinski definition) is 5. The van der Waals surface area contributed by atoms with Gasteiger partial charge in [0, 0.05) is 35.7 Å². The zero-order chi connectivity index (χ0) is 19.6. The maximum Gasteiger partial charge on any atom is 0.246 e. The molecule has 0 bridgehead atoms. The quantitative estimate of drug-likeness (QED) is 0.333. The molecule has 0 saturated heterocycles. The minimum atomic E-state index is 0. The summed E-state index contributed by atoms with van der Waals surface area (Å²) in [5.74, 6) is 1.76. The first kappa shape index (κ1) is 22.3. The molecule has 0 aliphatic heterocycles. The standard InChI is InChI=1S/C20H26ClN5O2.HI/c1-3-27-16-11-15(20(16)8-5-9-20)24-19(22-2)23-12-17-25-18(26-28-17)13-6-4-7-14(21)10-13;/h4,6-7,10,15-16H,3,5,8-9,11-12H2,1-2H3,(H2,22,23,24);1H. The van der Waals surface area contributed by atoms with E-state index in [-0.39, 0.29) is 29.4 Å². The minimum Gasteiger partial charge on any atom is -0.378 e. The molecular weight excluding hydrogens is 505 g/mol. The Bertz CT molecular complexity index is 855. The molecule has 2 unspecified atom stereocenters. The SMILES string of the molecule is CCOC1CC(NC(=NC)NCc2nc(-c3cccc(Cl)c3)no2)C12CCC2.I. The molecule has 1 aromatic carbocycles. The molecule has 7 nitrogen and oxygen atoms in total. The molecule has 1 aromatic heterocycles. The number of nitrogens with one attached hydrogen (secondary N) is 2.